The Balaban J connectivity index is 1.72. The highest BCUT2D eigenvalue weighted by atomic mass is 16.6. The molecule has 7 nitrogen and oxygen atoms in total. The number of nitro benzene ring substituents is 1. The molecule has 0 saturated heterocycles. The summed E-state index contributed by atoms with van der Waals surface area (Å²) in [6.07, 6.45) is -0.474. The summed E-state index contributed by atoms with van der Waals surface area (Å²) in [6, 6.07) is 13.6. The highest BCUT2D eigenvalue weighted by Gasteiger charge is 2.17. The molecule has 0 saturated carbocycles. The molecule has 0 aliphatic heterocycles. The third-order valence-corrected chi connectivity index (χ3v) is 3.45. The van der Waals surface area contributed by atoms with E-state index in [2.05, 4.69) is 10.2 Å². The molecule has 0 aliphatic rings. The van der Waals surface area contributed by atoms with Crippen LogP contribution in [0.4, 0.5) is 5.69 Å². The molecule has 1 unspecified atom stereocenters. The van der Waals surface area contributed by atoms with E-state index < -0.39 is 11.0 Å². The van der Waals surface area contributed by atoms with Crippen LogP contribution in [0.25, 0.3) is 11.5 Å². The quantitative estimate of drug-likeness (QED) is 0.518. The van der Waals surface area contributed by atoms with Crippen LogP contribution in [0.2, 0.25) is 0 Å². The summed E-state index contributed by atoms with van der Waals surface area (Å²) in [5.74, 6) is 1.25. The van der Waals surface area contributed by atoms with Crippen molar-refractivity contribution < 1.29 is 14.1 Å². The van der Waals surface area contributed by atoms with Crippen molar-refractivity contribution >= 4 is 5.69 Å². The van der Waals surface area contributed by atoms with E-state index in [4.69, 9.17) is 9.15 Å². The van der Waals surface area contributed by atoms with Gasteiger partial charge in [0.15, 0.2) is 6.10 Å². The molecule has 3 aromatic rings. The molecule has 1 atom stereocenters. The number of aryl methyl sites for hydroxylation is 1. The van der Waals surface area contributed by atoms with Gasteiger partial charge < -0.3 is 9.15 Å². The second-order valence-corrected chi connectivity index (χ2v) is 5.32. The first-order valence-corrected chi connectivity index (χ1v) is 7.34. The number of nitro groups is 1. The smallest absolute Gasteiger partial charge is 0.269 e. The minimum absolute atomic E-state index is 0.00875. The summed E-state index contributed by atoms with van der Waals surface area (Å²) in [4.78, 5) is 10.2. The van der Waals surface area contributed by atoms with E-state index >= 15 is 0 Å². The molecule has 122 valence electrons. The van der Waals surface area contributed by atoms with Crippen molar-refractivity contribution in [2.45, 2.75) is 20.0 Å². The van der Waals surface area contributed by atoms with Crippen LogP contribution in [0.5, 0.6) is 5.75 Å². The molecule has 0 radical (unpaired) electrons. The van der Waals surface area contributed by atoms with Crippen LogP contribution in [0.15, 0.2) is 52.9 Å². The Labute approximate surface area is 138 Å². The molecule has 0 spiro atoms. The first kappa shape index (κ1) is 15.7. The van der Waals surface area contributed by atoms with E-state index in [-0.39, 0.29) is 5.69 Å². The second-order valence-electron chi connectivity index (χ2n) is 5.32. The Morgan fingerprint density at radius 2 is 1.75 bits per heavy atom. The van der Waals surface area contributed by atoms with E-state index in [1.165, 1.54) is 24.3 Å². The van der Waals surface area contributed by atoms with Gasteiger partial charge in [0.05, 0.1) is 4.92 Å². The van der Waals surface area contributed by atoms with Gasteiger partial charge in [-0.05, 0) is 38.1 Å². The van der Waals surface area contributed by atoms with Gasteiger partial charge in [-0.3, -0.25) is 10.1 Å². The van der Waals surface area contributed by atoms with E-state index in [1.54, 1.807) is 6.92 Å². The van der Waals surface area contributed by atoms with Crippen molar-refractivity contribution in [2.75, 3.05) is 0 Å². The summed E-state index contributed by atoms with van der Waals surface area (Å²) in [6.45, 7) is 3.77. The zero-order valence-electron chi connectivity index (χ0n) is 13.2. The van der Waals surface area contributed by atoms with Crippen LogP contribution in [-0.4, -0.2) is 15.1 Å². The largest absolute Gasteiger partial charge is 0.481 e. The van der Waals surface area contributed by atoms with Gasteiger partial charge >= 0.3 is 0 Å². The molecule has 7 heteroatoms. The van der Waals surface area contributed by atoms with Gasteiger partial charge in [0, 0.05) is 17.7 Å². The predicted molar refractivity (Wildman–Crippen MR) is 86.6 cm³/mol. The van der Waals surface area contributed by atoms with Crippen molar-refractivity contribution in [2.24, 2.45) is 0 Å². The maximum Gasteiger partial charge on any atom is 0.269 e. The van der Waals surface area contributed by atoms with Gasteiger partial charge in [-0.1, -0.05) is 17.7 Å². The van der Waals surface area contributed by atoms with Crippen LogP contribution in [-0.2, 0) is 0 Å². The molecule has 0 N–H and O–H groups in total. The lowest BCUT2D eigenvalue weighted by Crippen LogP contribution is -2.03. The van der Waals surface area contributed by atoms with Gasteiger partial charge in [0.1, 0.15) is 5.75 Å². The summed E-state index contributed by atoms with van der Waals surface area (Å²) in [5, 5.41) is 18.7. The van der Waals surface area contributed by atoms with E-state index in [9.17, 15) is 10.1 Å². The highest BCUT2D eigenvalue weighted by molar-refractivity contribution is 5.52. The molecule has 1 heterocycles. The fraction of sp³-hybridized carbons (Fsp3) is 0.176. The van der Waals surface area contributed by atoms with Gasteiger partial charge in [-0.2, -0.15) is 0 Å². The van der Waals surface area contributed by atoms with Crippen LogP contribution in [0.1, 0.15) is 24.5 Å². The van der Waals surface area contributed by atoms with Gasteiger partial charge in [-0.25, -0.2) is 0 Å². The standard InChI is InChI=1S/C17H15N3O4/c1-11-3-5-13(6-4-11)17-19-18-16(24-17)12(2)23-15-9-7-14(8-10-15)20(21)22/h3-10,12H,1-2H3. The number of ether oxygens (including phenoxy) is 1. The maximum atomic E-state index is 10.6. The lowest BCUT2D eigenvalue weighted by Gasteiger charge is -2.10. The van der Waals surface area contributed by atoms with Crippen LogP contribution in [0, 0.1) is 17.0 Å². The van der Waals surface area contributed by atoms with Crippen molar-refractivity contribution in [3.63, 3.8) is 0 Å². The summed E-state index contributed by atoms with van der Waals surface area (Å²) >= 11 is 0. The molecule has 0 amide bonds. The molecule has 24 heavy (non-hydrogen) atoms. The number of rotatable bonds is 5. The van der Waals surface area contributed by atoms with Gasteiger partial charge in [0.25, 0.3) is 11.6 Å². The topological polar surface area (TPSA) is 91.3 Å². The lowest BCUT2D eigenvalue weighted by molar-refractivity contribution is -0.384. The molecular weight excluding hydrogens is 310 g/mol. The maximum absolute atomic E-state index is 10.6. The Morgan fingerprint density at radius 1 is 1.08 bits per heavy atom. The first-order valence-electron chi connectivity index (χ1n) is 7.34. The normalized spacial score (nSPS) is 11.9. The fourth-order valence-electron chi connectivity index (χ4n) is 2.11. The number of nitrogens with zero attached hydrogens (tertiary/aromatic N) is 3. The molecule has 0 bridgehead atoms. The van der Waals surface area contributed by atoms with E-state index in [0.29, 0.717) is 17.5 Å². The minimum Gasteiger partial charge on any atom is -0.481 e. The molecular formula is C17H15N3O4. The summed E-state index contributed by atoms with van der Waals surface area (Å²) in [7, 11) is 0. The van der Waals surface area contributed by atoms with Crippen LogP contribution >= 0.6 is 0 Å². The molecule has 0 aliphatic carbocycles. The number of benzene rings is 2. The number of non-ortho nitro benzene ring substituents is 1. The number of hydrogen-bond acceptors (Lipinski definition) is 6. The Hall–Kier alpha value is -3.22. The number of hydrogen-bond donors (Lipinski definition) is 0. The van der Waals surface area contributed by atoms with Crippen molar-refractivity contribution in [1.82, 2.24) is 10.2 Å². The minimum atomic E-state index is -0.474. The Bertz CT molecular complexity index is 841. The summed E-state index contributed by atoms with van der Waals surface area (Å²) in [5.41, 5.74) is 1.99. The molecule has 2 aromatic carbocycles. The average Bonchev–Trinajstić information content (AvgIpc) is 3.06. The SMILES string of the molecule is Cc1ccc(-c2nnc(C(C)Oc3ccc([N+](=O)[O-])cc3)o2)cc1. The van der Waals surface area contributed by atoms with Gasteiger partial charge in [-0.15, -0.1) is 10.2 Å². The predicted octanol–water partition coefficient (Wildman–Crippen LogP) is 4.09. The average molecular weight is 325 g/mol. The van der Waals surface area contributed by atoms with Crippen molar-refractivity contribution in [3.05, 3.63) is 70.1 Å². The lowest BCUT2D eigenvalue weighted by atomic mass is 10.1. The monoisotopic (exact) mass is 325 g/mol. The first-order chi connectivity index (χ1) is 11.5. The van der Waals surface area contributed by atoms with Crippen LogP contribution < -0.4 is 4.74 Å². The van der Waals surface area contributed by atoms with Crippen molar-refractivity contribution in [3.8, 4) is 17.2 Å². The third kappa shape index (κ3) is 3.40. The van der Waals surface area contributed by atoms with Gasteiger partial charge in [0.2, 0.25) is 5.89 Å². The van der Waals surface area contributed by atoms with Crippen LogP contribution in [0.3, 0.4) is 0 Å². The molecule has 1 aromatic heterocycles. The third-order valence-electron chi connectivity index (χ3n) is 3.45. The zero-order chi connectivity index (χ0) is 17.1. The Kier molecular flexibility index (Phi) is 4.24. The second kappa shape index (κ2) is 6.49. The molecule has 0 fully saturated rings. The zero-order valence-corrected chi connectivity index (χ0v) is 13.2. The fourth-order valence-corrected chi connectivity index (χ4v) is 2.11. The number of aromatic nitrogens is 2. The highest BCUT2D eigenvalue weighted by Crippen LogP contribution is 2.25. The summed E-state index contributed by atoms with van der Waals surface area (Å²) < 4.78 is 11.3. The molecule has 3 rings (SSSR count). The van der Waals surface area contributed by atoms with Crippen molar-refractivity contribution in [1.29, 1.82) is 0 Å². The van der Waals surface area contributed by atoms with E-state index in [0.717, 1.165) is 11.1 Å². The van der Waals surface area contributed by atoms with E-state index in [1.807, 2.05) is 31.2 Å². The Morgan fingerprint density at radius 3 is 2.38 bits per heavy atom.